The normalized spacial score (nSPS) is 14.7. The van der Waals surface area contributed by atoms with Gasteiger partial charge in [0.25, 0.3) is 0 Å². The molecule has 1 aliphatic rings. The maximum Gasteiger partial charge on any atom is 0.124 e. The minimum Gasteiger partial charge on any atom is -0.494 e. The molecule has 1 heterocycles. The third-order valence-electron chi connectivity index (χ3n) is 1.96. The zero-order chi connectivity index (χ0) is 9.10. The van der Waals surface area contributed by atoms with Crippen molar-refractivity contribution in [2.75, 3.05) is 12.4 Å². The molecule has 0 fully saturated rings. The van der Waals surface area contributed by atoms with Gasteiger partial charge in [0.05, 0.1) is 6.61 Å². The van der Waals surface area contributed by atoms with Crippen LogP contribution >= 0.6 is 11.8 Å². The van der Waals surface area contributed by atoms with E-state index in [2.05, 4.69) is 30.3 Å². The van der Waals surface area contributed by atoms with Gasteiger partial charge < -0.3 is 4.74 Å². The summed E-state index contributed by atoms with van der Waals surface area (Å²) in [6.07, 6.45) is 2.15. The van der Waals surface area contributed by atoms with Gasteiger partial charge in [-0.15, -0.1) is 11.8 Å². The molecule has 1 aliphatic heterocycles. The summed E-state index contributed by atoms with van der Waals surface area (Å²) in [4.78, 5) is 1.33. The van der Waals surface area contributed by atoms with E-state index in [0.717, 1.165) is 18.1 Å². The summed E-state index contributed by atoms with van der Waals surface area (Å²) in [5, 5.41) is 0. The molecule has 2 rings (SSSR count). The predicted octanol–water partition coefficient (Wildman–Crippen LogP) is 3.17. The first-order chi connectivity index (χ1) is 6.42. The second-order valence-corrected chi connectivity index (χ2v) is 3.87. The summed E-state index contributed by atoms with van der Waals surface area (Å²) in [6, 6.07) is 8.38. The van der Waals surface area contributed by atoms with Crippen LogP contribution in [0.4, 0.5) is 0 Å². The number of ether oxygens (including phenoxy) is 1. The zero-order valence-corrected chi connectivity index (χ0v) is 8.43. The van der Waals surface area contributed by atoms with Crippen LogP contribution in [0.2, 0.25) is 0 Å². The number of hydrogen-bond acceptors (Lipinski definition) is 2. The predicted molar refractivity (Wildman–Crippen MR) is 56.8 cm³/mol. The molecule has 0 unspecified atom stereocenters. The van der Waals surface area contributed by atoms with E-state index in [4.69, 9.17) is 4.74 Å². The molecule has 13 heavy (non-hydrogen) atoms. The summed E-state index contributed by atoms with van der Waals surface area (Å²) < 4.78 is 5.56. The van der Waals surface area contributed by atoms with Crippen molar-refractivity contribution in [1.29, 1.82) is 0 Å². The van der Waals surface area contributed by atoms with Crippen molar-refractivity contribution in [1.82, 2.24) is 0 Å². The summed E-state index contributed by atoms with van der Waals surface area (Å²) >= 11 is 1.86. The highest BCUT2D eigenvalue weighted by molar-refractivity contribution is 7.99. The zero-order valence-electron chi connectivity index (χ0n) is 7.62. The highest BCUT2D eigenvalue weighted by Gasteiger charge is 2.12. The van der Waals surface area contributed by atoms with Crippen molar-refractivity contribution in [3.63, 3.8) is 0 Å². The Morgan fingerprint density at radius 1 is 1.38 bits per heavy atom. The summed E-state index contributed by atoms with van der Waals surface area (Å²) in [5.74, 6) is 2.06. The van der Waals surface area contributed by atoms with Crippen molar-refractivity contribution in [3.8, 4) is 0 Å². The second kappa shape index (κ2) is 3.88. The van der Waals surface area contributed by atoms with Gasteiger partial charge in [-0.1, -0.05) is 18.2 Å². The van der Waals surface area contributed by atoms with E-state index in [9.17, 15) is 0 Å². The third-order valence-corrected chi connectivity index (χ3v) is 2.96. The lowest BCUT2D eigenvalue weighted by molar-refractivity contribution is 0.296. The molecule has 0 bridgehead atoms. The first-order valence-corrected chi connectivity index (χ1v) is 5.45. The van der Waals surface area contributed by atoms with Crippen LogP contribution in [0.25, 0.3) is 5.76 Å². The van der Waals surface area contributed by atoms with Gasteiger partial charge in [-0.2, -0.15) is 0 Å². The van der Waals surface area contributed by atoms with Crippen molar-refractivity contribution >= 4 is 17.5 Å². The fraction of sp³-hybridized carbons (Fsp3) is 0.273. The van der Waals surface area contributed by atoms with Gasteiger partial charge in [-0.3, -0.25) is 0 Å². The SMILES string of the molecule is CCOC1=CCSc2ccccc21. The smallest absolute Gasteiger partial charge is 0.124 e. The van der Waals surface area contributed by atoms with E-state index < -0.39 is 0 Å². The monoisotopic (exact) mass is 192 g/mol. The first kappa shape index (κ1) is 8.70. The van der Waals surface area contributed by atoms with Gasteiger partial charge in [-0.25, -0.2) is 0 Å². The number of fused-ring (bicyclic) bond motifs is 1. The van der Waals surface area contributed by atoms with Crippen molar-refractivity contribution < 1.29 is 4.74 Å². The van der Waals surface area contributed by atoms with Gasteiger partial charge in [-0.05, 0) is 19.1 Å². The van der Waals surface area contributed by atoms with E-state index in [1.165, 1.54) is 10.5 Å². The second-order valence-electron chi connectivity index (χ2n) is 2.81. The highest BCUT2D eigenvalue weighted by atomic mass is 32.2. The fourth-order valence-electron chi connectivity index (χ4n) is 1.41. The molecule has 0 amide bonds. The van der Waals surface area contributed by atoms with Crippen LogP contribution < -0.4 is 0 Å². The van der Waals surface area contributed by atoms with Crippen LogP contribution in [-0.4, -0.2) is 12.4 Å². The largest absolute Gasteiger partial charge is 0.494 e. The van der Waals surface area contributed by atoms with E-state index in [-0.39, 0.29) is 0 Å². The topological polar surface area (TPSA) is 9.23 Å². The molecular formula is C11H12OS. The summed E-state index contributed by atoms with van der Waals surface area (Å²) in [6.45, 7) is 2.76. The van der Waals surface area contributed by atoms with Crippen LogP contribution in [0, 0.1) is 0 Å². The highest BCUT2D eigenvalue weighted by Crippen LogP contribution is 2.33. The number of hydrogen-bond donors (Lipinski definition) is 0. The minimum atomic E-state index is 0.741. The first-order valence-electron chi connectivity index (χ1n) is 4.47. The summed E-state index contributed by atoms with van der Waals surface area (Å²) in [5.41, 5.74) is 1.24. The Morgan fingerprint density at radius 2 is 2.23 bits per heavy atom. The van der Waals surface area contributed by atoms with Gasteiger partial charge in [0.15, 0.2) is 0 Å². The maximum absolute atomic E-state index is 5.56. The number of benzene rings is 1. The van der Waals surface area contributed by atoms with E-state index in [1.807, 2.05) is 18.7 Å². The van der Waals surface area contributed by atoms with Crippen LogP contribution in [0.3, 0.4) is 0 Å². The van der Waals surface area contributed by atoms with Gasteiger partial charge in [0.2, 0.25) is 0 Å². The third kappa shape index (κ3) is 1.73. The Balaban J connectivity index is 2.36. The average Bonchev–Trinajstić information content (AvgIpc) is 2.19. The molecule has 0 atom stereocenters. The molecule has 1 aromatic rings. The molecule has 0 saturated heterocycles. The van der Waals surface area contributed by atoms with Gasteiger partial charge >= 0.3 is 0 Å². The van der Waals surface area contributed by atoms with Crippen LogP contribution in [0.1, 0.15) is 12.5 Å². The molecule has 1 nitrogen and oxygen atoms in total. The molecule has 0 aromatic heterocycles. The van der Waals surface area contributed by atoms with Crippen molar-refractivity contribution in [3.05, 3.63) is 35.9 Å². The Hall–Kier alpha value is -0.890. The van der Waals surface area contributed by atoms with Gasteiger partial charge in [0.1, 0.15) is 5.76 Å². The van der Waals surface area contributed by atoms with E-state index >= 15 is 0 Å². The van der Waals surface area contributed by atoms with Crippen LogP contribution in [0.5, 0.6) is 0 Å². The molecule has 68 valence electrons. The Morgan fingerprint density at radius 3 is 3.08 bits per heavy atom. The van der Waals surface area contributed by atoms with Crippen molar-refractivity contribution in [2.24, 2.45) is 0 Å². The molecule has 0 saturated carbocycles. The maximum atomic E-state index is 5.56. The Bertz CT molecular complexity index is 331. The molecule has 0 spiro atoms. The van der Waals surface area contributed by atoms with Crippen LogP contribution in [0.15, 0.2) is 35.2 Å². The molecular weight excluding hydrogens is 180 g/mol. The molecule has 0 radical (unpaired) electrons. The quantitative estimate of drug-likeness (QED) is 0.711. The lowest BCUT2D eigenvalue weighted by Gasteiger charge is -2.16. The molecule has 2 heteroatoms. The molecule has 0 aliphatic carbocycles. The molecule has 1 aromatic carbocycles. The van der Waals surface area contributed by atoms with Crippen molar-refractivity contribution in [2.45, 2.75) is 11.8 Å². The summed E-state index contributed by atoms with van der Waals surface area (Å²) in [7, 11) is 0. The average molecular weight is 192 g/mol. The van der Waals surface area contributed by atoms with Gasteiger partial charge in [0, 0.05) is 16.2 Å². The molecule has 0 N–H and O–H groups in total. The number of thioether (sulfide) groups is 1. The minimum absolute atomic E-state index is 0.741. The number of rotatable bonds is 2. The lowest BCUT2D eigenvalue weighted by Crippen LogP contribution is -1.98. The van der Waals surface area contributed by atoms with E-state index in [1.54, 1.807) is 0 Å². The van der Waals surface area contributed by atoms with E-state index in [0.29, 0.717) is 0 Å². The lowest BCUT2D eigenvalue weighted by atomic mass is 10.2. The Labute approximate surface area is 82.8 Å². The fourth-order valence-corrected chi connectivity index (χ4v) is 2.32. The Kier molecular flexibility index (Phi) is 2.60. The standard InChI is InChI=1S/C11H12OS/c1-2-12-10-7-8-13-11-6-4-3-5-9(10)11/h3-7H,2,8H2,1H3. The van der Waals surface area contributed by atoms with Crippen LogP contribution in [-0.2, 0) is 4.74 Å².